The van der Waals surface area contributed by atoms with Crippen LogP contribution >= 0.6 is 0 Å². The first kappa shape index (κ1) is 29.5. The van der Waals surface area contributed by atoms with Crippen LogP contribution < -0.4 is 24.8 Å². The first-order valence-electron chi connectivity index (χ1n) is 13.7. The summed E-state index contributed by atoms with van der Waals surface area (Å²) in [5.74, 6) is 1.48. The summed E-state index contributed by atoms with van der Waals surface area (Å²) in [6, 6.07) is 8.26. The van der Waals surface area contributed by atoms with Gasteiger partial charge in [0.25, 0.3) is 5.88 Å². The van der Waals surface area contributed by atoms with Crippen LogP contribution in [0, 0.1) is 0 Å². The van der Waals surface area contributed by atoms with Crippen molar-refractivity contribution in [3.05, 3.63) is 36.5 Å². The van der Waals surface area contributed by atoms with Crippen molar-refractivity contribution in [1.29, 1.82) is 0 Å². The standard InChI is InChI=1S/C29H35N5O7S/c1-17(35)31-25-14-23(21(15-30-25)22-10-11-24-28(33-22)39-16-29(2,3)41-24)32-26-12-20(13-27(34-26)42(5,36)37)40-19-8-6-18(38-4)7-9-19/h10-15,18-19H,6-9,16H2,1-5H3,(H2,30,31,32,34,35)/t18-,19+. The van der Waals surface area contributed by atoms with Crippen LogP contribution in [0.5, 0.6) is 17.4 Å². The summed E-state index contributed by atoms with van der Waals surface area (Å²) in [5, 5.41) is 5.74. The zero-order valence-electron chi connectivity index (χ0n) is 24.3. The second-order valence-electron chi connectivity index (χ2n) is 11.1. The van der Waals surface area contributed by atoms with E-state index in [4.69, 9.17) is 18.9 Å². The van der Waals surface area contributed by atoms with Gasteiger partial charge in [-0.05, 0) is 51.7 Å². The fraction of sp³-hybridized carbons (Fsp3) is 0.448. The third-order valence-corrected chi connectivity index (χ3v) is 7.90. The number of amides is 1. The number of rotatable bonds is 8. The topological polar surface area (TPSA) is 151 Å². The van der Waals surface area contributed by atoms with Gasteiger partial charge in [0.2, 0.25) is 5.91 Å². The van der Waals surface area contributed by atoms with E-state index in [0.29, 0.717) is 46.7 Å². The number of aromatic nitrogens is 3. The van der Waals surface area contributed by atoms with Crippen molar-refractivity contribution in [3.8, 4) is 28.6 Å². The molecule has 2 aliphatic rings. The number of nitrogens with zero attached hydrogens (tertiary/aromatic N) is 3. The van der Waals surface area contributed by atoms with E-state index < -0.39 is 15.4 Å². The lowest BCUT2D eigenvalue weighted by molar-refractivity contribution is -0.114. The molecule has 0 unspecified atom stereocenters. The molecule has 1 amide bonds. The lowest BCUT2D eigenvalue weighted by Gasteiger charge is -2.31. The molecule has 0 spiro atoms. The minimum absolute atomic E-state index is 0.0752. The molecule has 0 bridgehead atoms. The first-order chi connectivity index (χ1) is 19.9. The summed E-state index contributed by atoms with van der Waals surface area (Å²) in [5.41, 5.74) is 1.08. The third-order valence-electron chi connectivity index (χ3n) is 6.93. The number of methoxy groups -OCH3 is 1. The molecule has 0 atom stereocenters. The Kier molecular flexibility index (Phi) is 8.24. The summed E-state index contributed by atoms with van der Waals surface area (Å²) < 4.78 is 48.6. The minimum atomic E-state index is -3.66. The molecule has 5 rings (SSSR count). The third kappa shape index (κ3) is 7.08. The molecular weight excluding hydrogens is 562 g/mol. The van der Waals surface area contributed by atoms with Gasteiger partial charge in [0.1, 0.15) is 29.6 Å². The SMILES string of the molecule is CO[C@H]1CC[C@@H](Oc2cc(Nc3cc(NC(C)=O)ncc3-c3ccc4c(n3)OCC(C)(C)O4)nc(S(C)(=O)=O)c2)CC1. The van der Waals surface area contributed by atoms with Crippen LogP contribution in [0.4, 0.5) is 17.3 Å². The number of ether oxygens (including phenoxy) is 4. The molecule has 1 aliphatic carbocycles. The Labute approximate surface area is 245 Å². The van der Waals surface area contributed by atoms with E-state index >= 15 is 0 Å². The van der Waals surface area contributed by atoms with Crippen molar-refractivity contribution in [3.63, 3.8) is 0 Å². The average molecular weight is 598 g/mol. The van der Waals surface area contributed by atoms with Gasteiger partial charge in [0, 0.05) is 50.2 Å². The Balaban J connectivity index is 1.50. The highest BCUT2D eigenvalue weighted by molar-refractivity contribution is 7.90. The number of anilines is 3. The van der Waals surface area contributed by atoms with Crippen molar-refractivity contribution in [2.45, 2.75) is 69.3 Å². The second-order valence-corrected chi connectivity index (χ2v) is 13.1. The molecule has 42 heavy (non-hydrogen) atoms. The van der Waals surface area contributed by atoms with E-state index in [1.165, 1.54) is 13.0 Å². The predicted octanol–water partition coefficient (Wildman–Crippen LogP) is 4.53. The summed E-state index contributed by atoms with van der Waals surface area (Å²) in [6.45, 7) is 5.57. The highest BCUT2D eigenvalue weighted by atomic mass is 32.2. The maximum Gasteiger partial charge on any atom is 0.257 e. The molecule has 1 fully saturated rings. The largest absolute Gasteiger partial charge is 0.490 e. The number of sulfone groups is 1. The zero-order valence-corrected chi connectivity index (χ0v) is 25.1. The van der Waals surface area contributed by atoms with Crippen LogP contribution in [0.3, 0.4) is 0 Å². The number of hydrogen-bond acceptors (Lipinski definition) is 11. The molecule has 12 nitrogen and oxygen atoms in total. The molecule has 0 radical (unpaired) electrons. The number of fused-ring (bicyclic) bond motifs is 1. The average Bonchev–Trinajstić information content (AvgIpc) is 2.92. The summed E-state index contributed by atoms with van der Waals surface area (Å²) in [4.78, 5) is 25.1. The van der Waals surface area contributed by atoms with Crippen LogP contribution in [0.1, 0.15) is 46.5 Å². The normalized spacial score (nSPS) is 19.5. The molecule has 224 valence electrons. The maximum absolute atomic E-state index is 12.6. The van der Waals surface area contributed by atoms with Crippen LogP contribution in [0.2, 0.25) is 0 Å². The van der Waals surface area contributed by atoms with E-state index in [-0.39, 0.29) is 29.0 Å². The molecule has 0 saturated heterocycles. The van der Waals surface area contributed by atoms with Crippen LogP contribution in [-0.4, -0.2) is 67.1 Å². The molecular formula is C29H35N5O7S. The molecule has 4 heterocycles. The summed E-state index contributed by atoms with van der Waals surface area (Å²) in [6.07, 6.45) is 6.09. The van der Waals surface area contributed by atoms with Crippen molar-refractivity contribution in [1.82, 2.24) is 15.0 Å². The Morgan fingerprint density at radius 3 is 2.48 bits per heavy atom. The minimum Gasteiger partial charge on any atom is -0.490 e. The van der Waals surface area contributed by atoms with Crippen molar-refractivity contribution >= 4 is 33.1 Å². The predicted molar refractivity (Wildman–Crippen MR) is 156 cm³/mol. The van der Waals surface area contributed by atoms with Gasteiger partial charge in [-0.3, -0.25) is 4.79 Å². The zero-order chi connectivity index (χ0) is 30.1. The van der Waals surface area contributed by atoms with Gasteiger partial charge in [-0.1, -0.05) is 0 Å². The highest BCUT2D eigenvalue weighted by Gasteiger charge is 2.29. The van der Waals surface area contributed by atoms with Crippen LogP contribution in [0.15, 0.2) is 41.6 Å². The monoisotopic (exact) mass is 597 g/mol. The first-order valence-corrected chi connectivity index (χ1v) is 15.6. The summed E-state index contributed by atoms with van der Waals surface area (Å²) >= 11 is 0. The van der Waals surface area contributed by atoms with Gasteiger partial charge in [-0.25, -0.2) is 23.4 Å². The van der Waals surface area contributed by atoms with Crippen LogP contribution in [-0.2, 0) is 19.4 Å². The van der Waals surface area contributed by atoms with E-state index in [0.717, 1.165) is 31.9 Å². The van der Waals surface area contributed by atoms with E-state index in [2.05, 4.69) is 25.6 Å². The lowest BCUT2D eigenvalue weighted by atomic mass is 9.95. The van der Waals surface area contributed by atoms with E-state index in [9.17, 15) is 13.2 Å². The van der Waals surface area contributed by atoms with Gasteiger partial charge >= 0.3 is 0 Å². The number of carbonyl (C=O) groups is 1. The number of carbonyl (C=O) groups excluding carboxylic acids is 1. The smallest absolute Gasteiger partial charge is 0.257 e. The number of pyridine rings is 3. The van der Waals surface area contributed by atoms with Gasteiger partial charge in [-0.2, -0.15) is 0 Å². The fourth-order valence-corrected chi connectivity index (χ4v) is 5.45. The van der Waals surface area contributed by atoms with Gasteiger partial charge in [0.05, 0.1) is 23.6 Å². The van der Waals surface area contributed by atoms with Crippen LogP contribution in [0.25, 0.3) is 11.3 Å². The van der Waals surface area contributed by atoms with Gasteiger partial charge < -0.3 is 29.6 Å². The highest BCUT2D eigenvalue weighted by Crippen LogP contribution is 2.38. The molecule has 2 N–H and O–H groups in total. The Hall–Kier alpha value is -3.97. The van der Waals surface area contributed by atoms with E-state index in [1.54, 1.807) is 37.6 Å². The van der Waals surface area contributed by atoms with Gasteiger partial charge in [-0.15, -0.1) is 0 Å². The molecule has 0 aromatic carbocycles. The fourth-order valence-electron chi connectivity index (χ4n) is 4.86. The number of hydrogen-bond donors (Lipinski definition) is 2. The Bertz CT molecular complexity index is 1590. The summed E-state index contributed by atoms with van der Waals surface area (Å²) in [7, 11) is -1.96. The van der Waals surface area contributed by atoms with Crippen molar-refractivity contribution in [2.75, 3.05) is 30.6 Å². The van der Waals surface area contributed by atoms with E-state index in [1.807, 2.05) is 13.8 Å². The molecule has 3 aromatic rings. The number of nitrogens with one attached hydrogen (secondary N) is 2. The maximum atomic E-state index is 12.6. The molecule has 13 heteroatoms. The second kappa shape index (κ2) is 11.7. The quantitative estimate of drug-likeness (QED) is 0.377. The van der Waals surface area contributed by atoms with Gasteiger partial charge in [0.15, 0.2) is 20.6 Å². The molecule has 3 aromatic heterocycles. The van der Waals surface area contributed by atoms with Crippen molar-refractivity contribution in [2.24, 2.45) is 0 Å². The lowest BCUT2D eigenvalue weighted by Crippen LogP contribution is -2.39. The Morgan fingerprint density at radius 2 is 1.79 bits per heavy atom. The molecule has 1 saturated carbocycles. The Morgan fingerprint density at radius 1 is 1.05 bits per heavy atom. The van der Waals surface area contributed by atoms with Crippen molar-refractivity contribution < 1.29 is 32.2 Å². The molecule has 1 aliphatic heterocycles.